The van der Waals surface area contributed by atoms with Crippen molar-refractivity contribution in [3.05, 3.63) is 65.4 Å². The summed E-state index contributed by atoms with van der Waals surface area (Å²) in [5.41, 5.74) is 1.54. The van der Waals surface area contributed by atoms with Gasteiger partial charge in [0, 0.05) is 36.9 Å². The van der Waals surface area contributed by atoms with Crippen molar-refractivity contribution >= 4 is 46.5 Å². The number of piperazine rings is 1. The molecule has 1 N–H and O–H groups in total. The van der Waals surface area contributed by atoms with Crippen LogP contribution in [-0.4, -0.2) is 55.1 Å². The first-order valence-corrected chi connectivity index (χ1v) is 11.7. The highest BCUT2D eigenvalue weighted by atomic mass is 35.5. The van der Waals surface area contributed by atoms with Crippen LogP contribution in [0.5, 0.6) is 5.75 Å². The molecule has 172 valence electrons. The zero-order chi connectivity index (χ0) is 23.2. The third-order valence-electron chi connectivity index (χ3n) is 5.21. The van der Waals surface area contributed by atoms with Crippen molar-refractivity contribution in [3.8, 4) is 5.75 Å². The van der Waals surface area contributed by atoms with Crippen LogP contribution < -0.4 is 19.9 Å². The second-order valence-corrected chi connectivity index (χ2v) is 8.79. The average molecular weight is 488 g/mol. The molecule has 7 nitrogen and oxygen atoms in total. The molecule has 0 unspecified atom stereocenters. The van der Waals surface area contributed by atoms with Gasteiger partial charge in [-0.1, -0.05) is 23.4 Å². The number of halogens is 2. The molecule has 1 aliphatic rings. The van der Waals surface area contributed by atoms with Crippen molar-refractivity contribution in [3.63, 3.8) is 0 Å². The number of rotatable bonds is 7. The molecule has 0 radical (unpaired) electrons. The number of ether oxygens (including phenoxy) is 1. The highest BCUT2D eigenvalue weighted by Crippen LogP contribution is 2.28. The van der Waals surface area contributed by atoms with Crippen LogP contribution in [0.4, 0.5) is 21.6 Å². The van der Waals surface area contributed by atoms with Gasteiger partial charge in [0.25, 0.3) is 0 Å². The summed E-state index contributed by atoms with van der Waals surface area (Å²) in [6.45, 7) is 3.22. The number of benzene rings is 2. The molecule has 1 aliphatic heterocycles. The van der Waals surface area contributed by atoms with E-state index in [0.717, 1.165) is 37.7 Å². The number of carbonyl (C=O) groups excluding carboxylic acids is 1. The van der Waals surface area contributed by atoms with E-state index in [2.05, 4.69) is 25.3 Å². The second kappa shape index (κ2) is 10.7. The molecule has 33 heavy (non-hydrogen) atoms. The highest BCUT2D eigenvalue weighted by molar-refractivity contribution is 7.99. The molecule has 10 heteroatoms. The van der Waals surface area contributed by atoms with Gasteiger partial charge in [0.15, 0.2) is 5.82 Å². The molecule has 3 aromatic rings. The van der Waals surface area contributed by atoms with Gasteiger partial charge in [-0.15, -0.1) is 10.2 Å². The van der Waals surface area contributed by atoms with Crippen molar-refractivity contribution < 1.29 is 13.9 Å². The first-order valence-electron chi connectivity index (χ1n) is 10.4. The predicted octanol–water partition coefficient (Wildman–Crippen LogP) is 4.34. The predicted molar refractivity (Wildman–Crippen MR) is 130 cm³/mol. The van der Waals surface area contributed by atoms with Crippen molar-refractivity contribution in [1.82, 2.24) is 10.2 Å². The van der Waals surface area contributed by atoms with E-state index >= 15 is 0 Å². The summed E-state index contributed by atoms with van der Waals surface area (Å²) in [4.78, 5) is 16.7. The lowest BCUT2D eigenvalue weighted by Gasteiger charge is -2.36. The first-order chi connectivity index (χ1) is 16.0. The Morgan fingerprint density at radius 1 is 1.06 bits per heavy atom. The van der Waals surface area contributed by atoms with Crippen molar-refractivity contribution in [2.75, 3.05) is 54.2 Å². The minimum absolute atomic E-state index is 0.181. The fraction of sp³-hybridized carbons (Fsp3) is 0.261. The fourth-order valence-corrected chi connectivity index (χ4v) is 4.29. The second-order valence-electron chi connectivity index (χ2n) is 7.36. The van der Waals surface area contributed by atoms with Gasteiger partial charge in [0.05, 0.1) is 18.6 Å². The first kappa shape index (κ1) is 23.1. The Hall–Kier alpha value is -3.04. The maximum atomic E-state index is 13.1. The molecule has 1 fully saturated rings. The van der Waals surface area contributed by atoms with E-state index in [1.54, 1.807) is 30.3 Å². The Morgan fingerprint density at radius 2 is 1.79 bits per heavy atom. The Bertz CT molecular complexity index is 1090. The van der Waals surface area contributed by atoms with Crippen LogP contribution in [0.1, 0.15) is 0 Å². The summed E-state index contributed by atoms with van der Waals surface area (Å²) in [7, 11) is 1.54. The minimum atomic E-state index is -0.229. The number of aromatic nitrogens is 2. The van der Waals surface area contributed by atoms with Gasteiger partial charge >= 0.3 is 0 Å². The Balaban J connectivity index is 1.27. The van der Waals surface area contributed by atoms with Crippen molar-refractivity contribution in [1.29, 1.82) is 0 Å². The standard InChI is InChI=1S/C23H23ClFN5O2S/c1-32-20-7-2-16(24)14-19(20)26-22(31)15-33-23-9-8-21(27-28-23)30-12-10-29(11-13-30)18-5-3-17(25)4-6-18/h2-9,14H,10-13,15H2,1H3,(H,26,31). The molecule has 0 aliphatic carbocycles. The number of nitrogens with one attached hydrogen (secondary N) is 1. The average Bonchev–Trinajstić information content (AvgIpc) is 2.84. The van der Waals surface area contributed by atoms with Crippen LogP contribution in [0.2, 0.25) is 5.02 Å². The largest absolute Gasteiger partial charge is 0.495 e. The molecule has 2 aromatic carbocycles. The molecule has 2 heterocycles. The van der Waals surface area contributed by atoms with E-state index in [1.165, 1.54) is 31.0 Å². The number of hydrogen-bond acceptors (Lipinski definition) is 7. The van der Waals surface area contributed by atoms with Gasteiger partial charge in [0.2, 0.25) is 5.91 Å². The maximum absolute atomic E-state index is 13.1. The monoisotopic (exact) mass is 487 g/mol. The molecule has 1 aromatic heterocycles. The van der Waals surface area contributed by atoms with Crippen molar-refractivity contribution in [2.24, 2.45) is 0 Å². The summed E-state index contributed by atoms with van der Waals surface area (Å²) in [5.74, 6) is 1.10. The lowest BCUT2D eigenvalue weighted by Crippen LogP contribution is -2.46. The summed E-state index contributed by atoms with van der Waals surface area (Å²) in [6.07, 6.45) is 0. The molecule has 1 saturated heterocycles. The van der Waals surface area contributed by atoms with Crippen LogP contribution >= 0.6 is 23.4 Å². The molecule has 0 spiro atoms. The number of anilines is 3. The molecule has 0 atom stereocenters. The van der Waals surface area contributed by atoms with Gasteiger partial charge in [-0.25, -0.2) is 4.39 Å². The van der Waals surface area contributed by atoms with E-state index < -0.39 is 0 Å². The zero-order valence-corrected chi connectivity index (χ0v) is 19.6. The van der Waals surface area contributed by atoms with Gasteiger partial charge < -0.3 is 19.9 Å². The van der Waals surface area contributed by atoms with Gasteiger partial charge in [-0.3, -0.25) is 4.79 Å². The maximum Gasteiger partial charge on any atom is 0.234 e. The highest BCUT2D eigenvalue weighted by Gasteiger charge is 2.19. The van der Waals surface area contributed by atoms with Crippen LogP contribution in [0.3, 0.4) is 0 Å². The molecule has 0 bridgehead atoms. The Labute approximate surface area is 200 Å². The van der Waals surface area contributed by atoms with Gasteiger partial charge in [0.1, 0.15) is 16.6 Å². The summed E-state index contributed by atoms with van der Waals surface area (Å²) in [5, 5.41) is 12.6. The SMILES string of the molecule is COc1ccc(Cl)cc1NC(=O)CSc1ccc(N2CCN(c3ccc(F)cc3)CC2)nn1. The molecule has 1 amide bonds. The summed E-state index contributed by atoms with van der Waals surface area (Å²) >= 11 is 7.31. The topological polar surface area (TPSA) is 70.6 Å². The number of nitrogens with zero attached hydrogens (tertiary/aromatic N) is 4. The number of thioether (sulfide) groups is 1. The lowest BCUT2D eigenvalue weighted by atomic mass is 10.2. The number of methoxy groups -OCH3 is 1. The van der Waals surface area contributed by atoms with E-state index in [-0.39, 0.29) is 17.5 Å². The lowest BCUT2D eigenvalue weighted by molar-refractivity contribution is -0.113. The number of carbonyl (C=O) groups is 1. The molecular weight excluding hydrogens is 465 g/mol. The van der Waals surface area contributed by atoms with Crippen LogP contribution in [0.25, 0.3) is 0 Å². The van der Waals surface area contributed by atoms with E-state index in [0.29, 0.717) is 21.5 Å². The van der Waals surface area contributed by atoms with Gasteiger partial charge in [-0.2, -0.15) is 0 Å². The third-order valence-corrected chi connectivity index (χ3v) is 6.36. The Kier molecular flexibility index (Phi) is 7.51. The molecule has 4 rings (SSSR count). The van der Waals surface area contributed by atoms with E-state index in [9.17, 15) is 9.18 Å². The molecular formula is C23H23ClFN5O2S. The summed E-state index contributed by atoms with van der Waals surface area (Å²) in [6, 6.07) is 15.4. The van der Waals surface area contributed by atoms with Crippen LogP contribution in [-0.2, 0) is 4.79 Å². The van der Waals surface area contributed by atoms with Crippen LogP contribution in [0.15, 0.2) is 59.6 Å². The minimum Gasteiger partial charge on any atom is -0.495 e. The smallest absolute Gasteiger partial charge is 0.234 e. The molecule has 0 saturated carbocycles. The summed E-state index contributed by atoms with van der Waals surface area (Å²) < 4.78 is 18.4. The van der Waals surface area contributed by atoms with Crippen molar-refractivity contribution in [2.45, 2.75) is 5.03 Å². The number of hydrogen-bond donors (Lipinski definition) is 1. The zero-order valence-electron chi connectivity index (χ0n) is 18.0. The van der Waals surface area contributed by atoms with E-state index in [4.69, 9.17) is 16.3 Å². The van der Waals surface area contributed by atoms with E-state index in [1.807, 2.05) is 12.1 Å². The quantitative estimate of drug-likeness (QED) is 0.497. The number of amides is 1. The Morgan fingerprint density at radius 3 is 2.45 bits per heavy atom. The van der Waals surface area contributed by atoms with Crippen LogP contribution in [0, 0.1) is 5.82 Å². The fourth-order valence-electron chi connectivity index (χ4n) is 3.51. The normalized spacial score (nSPS) is 13.7. The third kappa shape index (κ3) is 6.06. The van der Waals surface area contributed by atoms with Gasteiger partial charge in [-0.05, 0) is 54.6 Å².